The van der Waals surface area contributed by atoms with Gasteiger partial charge in [0.1, 0.15) is 5.52 Å². The lowest BCUT2D eigenvalue weighted by Crippen LogP contribution is -2.27. The van der Waals surface area contributed by atoms with E-state index in [-0.39, 0.29) is 36.4 Å². The van der Waals surface area contributed by atoms with E-state index in [1.54, 1.807) is 0 Å². The molecular formula is C9H8N6O2. The highest BCUT2D eigenvalue weighted by Gasteiger charge is 2.31. The minimum atomic E-state index is -0.315. The Morgan fingerprint density at radius 2 is 2.18 bits per heavy atom. The number of aromatic nitrogens is 4. The molecule has 3 heterocycles. The third-order valence-corrected chi connectivity index (χ3v) is 2.53. The number of amides is 1. The van der Waals surface area contributed by atoms with E-state index in [2.05, 4.69) is 19.9 Å². The summed E-state index contributed by atoms with van der Waals surface area (Å²) in [6, 6.07) is 0. The van der Waals surface area contributed by atoms with E-state index in [9.17, 15) is 9.59 Å². The Morgan fingerprint density at radius 3 is 2.88 bits per heavy atom. The van der Waals surface area contributed by atoms with Crippen molar-refractivity contribution in [2.75, 3.05) is 17.2 Å². The Labute approximate surface area is 94.9 Å². The highest BCUT2D eigenvalue weighted by molar-refractivity contribution is 6.14. The van der Waals surface area contributed by atoms with Crippen LogP contribution in [0.2, 0.25) is 0 Å². The van der Waals surface area contributed by atoms with Crippen molar-refractivity contribution < 1.29 is 9.59 Å². The third kappa shape index (κ3) is 1.41. The van der Waals surface area contributed by atoms with Gasteiger partial charge in [-0.1, -0.05) is 0 Å². The monoisotopic (exact) mass is 232 g/mol. The zero-order valence-electron chi connectivity index (χ0n) is 8.67. The van der Waals surface area contributed by atoms with Crippen molar-refractivity contribution in [1.29, 1.82) is 0 Å². The molecule has 1 aliphatic rings. The fraction of sp³-hybridized carbons (Fsp3) is 0.222. The molecule has 8 heteroatoms. The van der Waals surface area contributed by atoms with E-state index in [1.807, 2.05) is 0 Å². The summed E-state index contributed by atoms with van der Waals surface area (Å²) in [5.74, 6) is -0.142. The summed E-state index contributed by atoms with van der Waals surface area (Å²) < 4.78 is 0. The van der Waals surface area contributed by atoms with Crippen LogP contribution in [0.5, 0.6) is 0 Å². The highest BCUT2D eigenvalue weighted by atomic mass is 16.2. The van der Waals surface area contributed by atoms with Crippen LogP contribution in [0.4, 0.5) is 11.8 Å². The second-order valence-electron chi connectivity index (χ2n) is 3.71. The van der Waals surface area contributed by atoms with Gasteiger partial charge in [-0.15, -0.1) is 0 Å². The molecule has 8 nitrogen and oxygen atoms in total. The van der Waals surface area contributed by atoms with Gasteiger partial charge in [-0.3, -0.25) is 14.5 Å². The first-order valence-electron chi connectivity index (χ1n) is 4.94. The molecule has 1 saturated heterocycles. The van der Waals surface area contributed by atoms with Gasteiger partial charge in [-0.2, -0.15) is 9.97 Å². The number of imidazole rings is 1. The van der Waals surface area contributed by atoms with Crippen LogP contribution in [0.3, 0.4) is 0 Å². The molecule has 3 rings (SSSR count). The van der Waals surface area contributed by atoms with E-state index in [0.717, 1.165) is 0 Å². The molecule has 86 valence electrons. The Bertz CT molecular complexity index is 633. The average Bonchev–Trinajstić information content (AvgIpc) is 2.84. The molecule has 0 unspecified atom stereocenters. The number of anilines is 2. The van der Waals surface area contributed by atoms with Gasteiger partial charge in [0, 0.05) is 0 Å². The molecular weight excluding hydrogens is 224 g/mol. The van der Waals surface area contributed by atoms with Gasteiger partial charge in [-0.05, 0) is 0 Å². The van der Waals surface area contributed by atoms with Gasteiger partial charge in [0.15, 0.2) is 17.2 Å². The largest absolute Gasteiger partial charge is 0.382 e. The average molecular weight is 232 g/mol. The number of nitrogen functional groups attached to an aromatic ring is 1. The second kappa shape index (κ2) is 3.24. The summed E-state index contributed by atoms with van der Waals surface area (Å²) in [5.41, 5.74) is 6.60. The lowest BCUT2D eigenvalue weighted by molar-refractivity contribution is -0.121. The summed E-state index contributed by atoms with van der Waals surface area (Å²) >= 11 is 0. The molecule has 0 bridgehead atoms. The Balaban J connectivity index is 2.11. The van der Waals surface area contributed by atoms with Gasteiger partial charge < -0.3 is 10.7 Å². The summed E-state index contributed by atoms with van der Waals surface area (Å²) in [5, 5.41) is 0. The molecule has 3 N–H and O–H groups in total. The molecule has 2 aromatic heterocycles. The number of hydrogen-bond donors (Lipinski definition) is 2. The summed E-state index contributed by atoms with van der Waals surface area (Å²) in [6.45, 7) is -0.00575. The normalized spacial score (nSPS) is 16.1. The van der Waals surface area contributed by atoms with Crippen LogP contribution in [-0.4, -0.2) is 38.2 Å². The fourth-order valence-electron chi connectivity index (χ4n) is 1.73. The maximum atomic E-state index is 11.5. The highest BCUT2D eigenvalue weighted by Crippen LogP contribution is 2.20. The molecule has 0 radical (unpaired) electrons. The molecule has 0 saturated carbocycles. The number of fused-ring (bicyclic) bond motifs is 1. The number of ketones is 1. The SMILES string of the molecule is Nc1nc(N2CC(=O)CC2=O)nc2nc[nH]c12. The molecule has 0 aliphatic carbocycles. The van der Waals surface area contributed by atoms with Gasteiger partial charge in [0.25, 0.3) is 0 Å². The first-order valence-corrected chi connectivity index (χ1v) is 4.94. The predicted molar refractivity (Wildman–Crippen MR) is 58.1 cm³/mol. The molecule has 17 heavy (non-hydrogen) atoms. The smallest absolute Gasteiger partial charge is 0.237 e. The molecule has 1 fully saturated rings. The third-order valence-electron chi connectivity index (χ3n) is 2.53. The molecule has 1 amide bonds. The lowest BCUT2D eigenvalue weighted by Gasteiger charge is -2.12. The van der Waals surface area contributed by atoms with Crippen LogP contribution in [0.1, 0.15) is 6.42 Å². The van der Waals surface area contributed by atoms with E-state index in [1.165, 1.54) is 11.2 Å². The maximum absolute atomic E-state index is 11.5. The maximum Gasteiger partial charge on any atom is 0.237 e. The number of carbonyl (C=O) groups is 2. The number of aromatic amines is 1. The first-order chi connectivity index (χ1) is 8.15. The number of hydrogen-bond acceptors (Lipinski definition) is 6. The van der Waals surface area contributed by atoms with Crippen molar-refractivity contribution >= 4 is 34.6 Å². The van der Waals surface area contributed by atoms with Crippen LogP contribution >= 0.6 is 0 Å². The number of H-pyrrole nitrogens is 1. The van der Waals surface area contributed by atoms with E-state index in [4.69, 9.17) is 5.73 Å². The van der Waals surface area contributed by atoms with Crippen molar-refractivity contribution in [3.05, 3.63) is 6.33 Å². The van der Waals surface area contributed by atoms with Gasteiger partial charge in [-0.25, -0.2) is 4.98 Å². The van der Waals surface area contributed by atoms with Crippen LogP contribution in [-0.2, 0) is 9.59 Å². The second-order valence-corrected chi connectivity index (χ2v) is 3.71. The summed E-state index contributed by atoms with van der Waals surface area (Å²) in [6.07, 6.45) is 1.33. The minimum Gasteiger partial charge on any atom is -0.382 e. The van der Waals surface area contributed by atoms with Crippen LogP contribution in [0, 0.1) is 0 Å². The zero-order valence-corrected chi connectivity index (χ0v) is 8.67. The number of Topliss-reactive ketones (excluding diaryl/α,β-unsaturated/α-hetero) is 1. The lowest BCUT2D eigenvalue weighted by atomic mass is 10.3. The Kier molecular flexibility index (Phi) is 1.85. The van der Waals surface area contributed by atoms with E-state index in [0.29, 0.717) is 11.2 Å². The number of rotatable bonds is 1. The van der Waals surface area contributed by atoms with Crippen molar-refractivity contribution in [1.82, 2.24) is 19.9 Å². The Hall–Kier alpha value is -2.51. The zero-order chi connectivity index (χ0) is 12.0. The summed E-state index contributed by atoms with van der Waals surface area (Å²) in [4.78, 5) is 38.7. The molecule has 1 aliphatic heterocycles. The van der Waals surface area contributed by atoms with Crippen LogP contribution in [0.15, 0.2) is 6.33 Å². The minimum absolute atomic E-state index is 0.00575. The van der Waals surface area contributed by atoms with Crippen molar-refractivity contribution in [3.63, 3.8) is 0 Å². The van der Waals surface area contributed by atoms with Gasteiger partial charge in [0.2, 0.25) is 11.9 Å². The number of nitrogens with zero attached hydrogens (tertiary/aromatic N) is 4. The molecule has 0 spiro atoms. The van der Waals surface area contributed by atoms with Crippen LogP contribution < -0.4 is 10.6 Å². The standard InChI is InChI=1S/C9H8N6O2/c10-7-6-8(12-3-11-6)14-9(13-7)15-2-4(16)1-5(15)17/h3H,1-2H2,(H3,10,11,12,13,14). The first kappa shape index (κ1) is 9.70. The van der Waals surface area contributed by atoms with Crippen molar-refractivity contribution in [2.45, 2.75) is 6.42 Å². The number of carbonyl (C=O) groups excluding carboxylic acids is 2. The quantitative estimate of drug-likeness (QED) is 0.624. The summed E-state index contributed by atoms with van der Waals surface area (Å²) in [7, 11) is 0. The predicted octanol–water partition coefficient (Wildman–Crippen LogP) is -0.759. The van der Waals surface area contributed by atoms with Crippen molar-refractivity contribution in [2.24, 2.45) is 0 Å². The van der Waals surface area contributed by atoms with E-state index >= 15 is 0 Å². The topological polar surface area (TPSA) is 118 Å². The molecule has 0 aromatic carbocycles. The van der Waals surface area contributed by atoms with E-state index < -0.39 is 0 Å². The number of nitrogens with two attached hydrogens (primary N) is 1. The fourth-order valence-corrected chi connectivity index (χ4v) is 1.73. The van der Waals surface area contributed by atoms with Gasteiger partial charge in [0.05, 0.1) is 19.3 Å². The van der Waals surface area contributed by atoms with Gasteiger partial charge >= 0.3 is 0 Å². The van der Waals surface area contributed by atoms with Crippen LogP contribution in [0.25, 0.3) is 11.2 Å². The number of nitrogens with one attached hydrogen (secondary N) is 1. The Morgan fingerprint density at radius 1 is 1.35 bits per heavy atom. The molecule has 2 aromatic rings. The van der Waals surface area contributed by atoms with Crippen molar-refractivity contribution in [3.8, 4) is 0 Å². The molecule has 0 atom stereocenters.